The molecule has 0 unspecified atom stereocenters. The SMILES string of the molecule is COc1ccnc(N2CCN(C(=O)c3cc(CN4CCN(c5ccccc5C#N)CC4)c(C)n3C)CC2)c1. The summed E-state index contributed by atoms with van der Waals surface area (Å²) >= 11 is 0. The first kappa shape index (κ1) is 25.6. The molecule has 0 bridgehead atoms. The number of nitriles is 1. The molecule has 2 aromatic heterocycles. The number of anilines is 2. The topological polar surface area (TPSA) is 80.9 Å². The Bertz CT molecular complexity index is 1330. The fraction of sp³-hybridized carbons (Fsp3) is 0.414. The minimum absolute atomic E-state index is 0.0815. The number of hydrogen-bond acceptors (Lipinski definition) is 7. The number of benzene rings is 1. The minimum atomic E-state index is 0.0815. The van der Waals surface area contributed by atoms with Crippen molar-refractivity contribution in [3.63, 3.8) is 0 Å². The Labute approximate surface area is 224 Å². The Hall–Kier alpha value is -4.03. The Balaban J connectivity index is 1.19. The number of nitrogens with zero attached hydrogens (tertiary/aromatic N) is 7. The molecule has 9 heteroatoms. The van der Waals surface area contributed by atoms with E-state index in [1.54, 1.807) is 13.3 Å². The summed E-state index contributed by atoms with van der Waals surface area (Å²) in [5.41, 5.74) is 4.81. The van der Waals surface area contributed by atoms with Crippen molar-refractivity contribution in [3.8, 4) is 11.8 Å². The molecule has 0 radical (unpaired) electrons. The maximum atomic E-state index is 13.5. The van der Waals surface area contributed by atoms with Crippen molar-refractivity contribution in [2.75, 3.05) is 69.3 Å². The van der Waals surface area contributed by atoms with Gasteiger partial charge in [0.1, 0.15) is 23.3 Å². The van der Waals surface area contributed by atoms with E-state index in [2.05, 4.69) is 38.7 Å². The lowest BCUT2D eigenvalue weighted by molar-refractivity contribution is 0.0736. The van der Waals surface area contributed by atoms with Crippen molar-refractivity contribution < 1.29 is 9.53 Å². The summed E-state index contributed by atoms with van der Waals surface area (Å²) in [6.45, 7) is 9.28. The number of carbonyl (C=O) groups is 1. The minimum Gasteiger partial charge on any atom is -0.497 e. The van der Waals surface area contributed by atoms with Crippen molar-refractivity contribution in [1.29, 1.82) is 5.26 Å². The van der Waals surface area contributed by atoms with Gasteiger partial charge in [-0.15, -0.1) is 0 Å². The highest BCUT2D eigenvalue weighted by molar-refractivity contribution is 5.93. The van der Waals surface area contributed by atoms with Crippen LogP contribution in [0, 0.1) is 18.3 Å². The van der Waals surface area contributed by atoms with E-state index in [1.807, 2.05) is 52.9 Å². The van der Waals surface area contributed by atoms with Crippen LogP contribution in [0.15, 0.2) is 48.7 Å². The number of rotatable bonds is 6. The van der Waals surface area contributed by atoms with Crippen LogP contribution in [0.5, 0.6) is 5.75 Å². The Morgan fingerprint density at radius 1 is 1.00 bits per heavy atom. The largest absolute Gasteiger partial charge is 0.497 e. The third kappa shape index (κ3) is 5.18. The molecule has 5 rings (SSSR count). The quantitative estimate of drug-likeness (QED) is 0.501. The van der Waals surface area contributed by atoms with Gasteiger partial charge in [-0.1, -0.05) is 12.1 Å². The zero-order chi connectivity index (χ0) is 26.6. The Kier molecular flexibility index (Phi) is 7.52. The molecule has 2 aliphatic heterocycles. The molecule has 38 heavy (non-hydrogen) atoms. The molecule has 9 nitrogen and oxygen atoms in total. The number of aromatic nitrogens is 2. The lowest BCUT2D eigenvalue weighted by atomic mass is 10.1. The predicted molar refractivity (Wildman–Crippen MR) is 148 cm³/mol. The van der Waals surface area contributed by atoms with Gasteiger partial charge in [-0.05, 0) is 36.8 Å². The van der Waals surface area contributed by atoms with Gasteiger partial charge in [0.05, 0.1) is 18.4 Å². The van der Waals surface area contributed by atoms with Gasteiger partial charge in [-0.2, -0.15) is 5.26 Å². The first-order valence-corrected chi connectivity index (χ1v) is 13.1. The van der Waals surface area contributed by atoms with Crippen molar-refractivity contribution in [3.05, 3.63) is 71.2 Å². The highest BCUT2D eigenvalue weighted by atomic mass is 16.5. The number of ether oxygens (including phenoxy) is 1. The van der Waals surface area contributed by atoms with Crippen LogP contribution in [0.25, 0.3) is 0 Å². The molecular weight excluding hydrogens is 478 g/mol. The molecule has 2 aliphatic rings. The van der Waals surface area contributed by atoms with Crippen molar-refractivity contribution in [2.45, 2.75) is 13.5 Å². The molecule has 198 valence electrons. The fourth-order valence-corrected chi connectivity index (χ4v) is 5.36. The number of piperazine rings is 2. The van der Waals surface area contributed by atoms with Gasteiger partial charge < -0.3 is 24.0 Å². The normalized spacial score (nSPS) is 16.4. The van der Waals surface area contributed by atoms with Crippen LogP contribution in [0.2, 0.25) is 0 Å². The van der Waals surface area contributed by atoms with Crippen LogP contribution in [0.3, 0.4) is 0 Å². The Morgan fingerprint density at radius 3 is 2.42 bits per heavy atom. The monoisotopic (exact) mass is 513 g/mol. The lowest BCUT2D eigenvalue weighted by Gasteiger charge is -2.36. The average molecular weight is 514 g/mol. The molecule has 1 aromatic carbocycles. The second-order valence-corrected chi connectivity index (χ2v) is 9.92. The Morgan fingerprint density at radius 2 is 1.71 bits per heavy atom. The van der Waals surface area contributed by atoms with E-state index in [4.69, 9.17) is 4.74 Å². The van der Waals surface area contributed by atoms with Crippen LogP contribution in [-0.2, 0) is 13.6 Å². The van der Waals surface area contributed by atoms with Gasteiger partial charge >= 0.3 is 0 Å². The summed E-state index contributed by atoms with van der Waals surface area (Å²) < 4.78 is 7.36. The predicted octanol–water partition coefficient (Wildman–Crippen LogP) is 2.89. The van der Waals surface area contributed by atoms with Gasteiger partial charge in [0.25, 0.3) is 5.91 Å². The molecule has 1 amide bonds. The second kappa shape index (κ2) is 11.2. The summed E-state index contributed by atoms with van der Waals surface area (Å²) in [5, 5.41) is 9.45. The maximum Gasteiger partial charge on any atom is 0.270 e. The van der Waals surface area contributed by atoms with Crippen molar-refractivity contribution >= 4 is 17.4 Å². The van der Waals surface area contributed by atoms with Gasteiger partial charge in [0.2, 0.25) is 0 Å². The van der Waals surface area contributed by atoms with Crippen LogP contribution in [0.1, 0.15) is 27.3 Å². The first-order valence-electron chi connectivity index (χ1n) is 13.1. The number of carbonyl (C=O) groups excluding carboxylic acids is 1. The van der Waals surface area contributed by atoms with Gasteiger partial charge in [-0.25, -0.2) is 4.98 Å². The third-order valence-electron chi connectivity index (χ3n) is 7.83. The van der Waals surface area contributed by atoms with Crippen molar-refractivity contribution in [2.24, 2.45) is 7.05 Å². The van der Waals surface area contributed by atoms with Crippen LogP contribution in [-0.4, -0.2) is 84.7 Å². The van der Waals surface area contributed by atoms with Crippen LogP contribution in [0.4, 0.5) is 11.5 Å². The summed E-state index contributed by atoms with van der Waals surface area (Å²) in [6, 6.07) is 16.0. The molecule has 3 aromatic rings. The number of hydrogen-bond donors (Lipinski definition) is 0. The summed E-state index contributed by atoms with van der Waals surface area (Å²) in [6.07, 6.45) is 1.76. The lowest BCUT2D eigenvalue weighted by Crippen LogP contribution is -2.49. The highest BCUT2D eigenvalue weighted by Crippen LogP contribution is 2.24. The molecule has 0 spiro atoms. The van der Waals surface area contributed by atoms with E-state index in [1.165, 1.54) is 5.56 Å². The molecule has 2 fully saturated rings. The molecule has 0 saturated carbocycles. The van der Waals surface area contributed by atoms with Crippen molar-refractivity contribution in [1.82, 2.24) is 19.4 Å². The average Bonchev–Trinajstić information content (AvgIpc) is 3.25. The summed E-state index contributed by atoms with van der Waals surface area (Å²) in [4.78, 5) is 26.8. The van der Waals surface area contributed by atoms with Crippen LogP contribution >= 0.6 is 0 Å². The number of para-hydroxylation sites is 1. The van der Waals surface area contributed by atoms with Gasteiger partial charge in [-0.3, -0.25) is 9.69 Å². The summed E-state index contributed by atoms with van der Waals surface area (Å²) in [5.74, 6) is 1.75. The molecule has 0 aliphatic carbocycles. The number of amides is 1. The van der Waals surface area contributed by atoms with E-state index >= 15 is 0 Å². The van der Waals surface area contributed by atoms with E-state index in [9.17, 15) is 10.1 Å². The van der Waals surface area contributed by atoms with E-state index in [-0.39, 0.29) is 5.91 Å². The first-order chi connectivity index (χ1) is 18.5. The molecule has 2 saturated heterocycles. The number of methoxy groups -OCH3 is 1. The fourth-order valence-electron chi connectivity index (χ4n) is 5.36. The zero-order valence-electron chi connectivity index (χ0n) is 22.4. The highest BCUT2D eigenvalue weighted by Gasteiger charge is 2.27. The van der Waals surface area contributed by atoms with Gasteiger partial charge in [0.15, 0.2) is 0 Å². The smallest absolute Gasteiger partial charge is 0.270 e. The number of pyridine rings is 1. The molecular formula is C29H35N7O2. The molecule has 0 atom stereocenters. The van der Waals surface area contributed by atoms with Gasteiger partial charge in [0, 0.05) is 83.9 Å². The maximum absolute atomic E-state index is 13.5. The molecule has 4 heterocycles. The molecule has 0 N–H and O–H groups in total. The summed E-state index contributed by atoms with van der Waals surface area (Å²) in [7, 11) is 3.64. The van der Waals surface area contributed by atoms with E-state index < -0.39 is 0 Å². The standard InChI is InChI=1S/C29H35N7O2/c1-22-24(21-33-10-12-34(13-11-33)26-7-5-4-6-23(26)20-30)18-27(32(22)2)29(37)36-16-14-35(15-17-36)28-19-25(38-3)8-9-31-28/h4-9,18-19H,10-17,21H2,1-3H3. The van der Waals surface area contributed by atoms with E-state index in [0.717, 1.165) is 80.0 Å². The third-order valence-corrected chi connectivity index (χ3v) is 7.83. The zero-order valence-corrected chi connectivity index (χ0v) is 22.4. The van der Waals surface area contributed by atoms with Crippen LogP contribution < -0.4 is 14.5 Å². The van der Waals surface area contributed by atoms with E-state index in [0.29, 0.717) is 13.1 Å². The second-order valence-electron chi connectivity index (χ2n) is 9.92.